The van der Waals surface area contributed by atoms with Crippen LogP contribution in [0.1, 0.15) is 29.8 Å². The highest BCUT2D eigenvalue weighted by Crippen LogP contribution is 2.22. The van der Waals surface area contributed by atoms with Crippen molar-refractivity contribution in [3.63, 3.8) is 0 Å². The van der Waals surface area contributed by atoms with Crippen molar-refractivity contribution < 1.29 is 14.7 Å². The Kier molecular flexibility index (Phi) is 4.37. The van der Waals surface area contributed by atoms with Crippen LogP contribution < -0.4 is 0 Å². The maximum atomic E-state index is 12.2. The average molecular weight is 283 g/mol. The van der Waals surface area contributed by atoms with E-state index in [1.165, 1.54) is 0 Å². The minimum absolute atomic E-state index is 0.139. The van der Waals surface area contributed by atoms with E-state index in [2.05, 4.69) is 4.98 Å². The van der Waals surface area contributed by atoms with E-state index in [1.54, 1.807) is 23.1 Å². The number of hydrogen-bond donors (Lipinski definition) is 1. The number of aliphatic carboxylic acids is 1. The van der Waals surface area contributed by atoms with Gasteiger partial charge in [0, 0.05) is 19.5 Å². The first-order chi connectivity index (χ1) is 9.06. The molecule has 1 N–H and O–H groups in total. The van der Waals surface area contributed by atoms with E-state index < -0.39 is 5.97 Å². The first-order valence-corrected chi connectivity index (χ1v) is 6.57. The topological polar surface area (TPSA) is 70.5 Å². The first kappa shape index (κ1) is 13.8. The lowest BCUT2D eigenvalue weighted by molar-refractivity contribution is -0.137. The van der Waals surface area contributed by atoms with Crippen LogP contribution in [0.3, 0.4) is 0 Å². The molecule has 102 valence electrons. The number of halogens is 1. The van der Waals surface area contributed by atoms with Crippen LogP contribution in [0.4, 0.5) is 0 Å². The van der Waals surface area contributed by atoms with E-state index in [0.717, 1.165) is 6.42 Å². The molecule has 1 aliphatic rings. The molecule has 1 unspecified atom stereocenters. The third-order valence-electron chi connectivity index (χ3n) is 3.27. The molecule has 5 nitrogen and oxygen atoms in total. The van der Waals surface area contributed by atoms with Crippen molar-refractivity contribution in [2.24, 2.45) is 5.92 Å². The number of likely N-dealkylation sites (tertiary alicyclic amines) is 1. The molecule has 1 aromatic heterocycles. The van der Waals surface area contributed by atoms with E-state index in [4.69, 9.17) is 16.7 Å². The lowest BCUT2D eigenvalue weighted by Gasteiger charge is -2.15. The highest BCUT2D eigenvalue weighted by Gasteiger charge is 2.27. The van der Waals surface area contributed by atoms with E-state index in [0.29, 0.717) is 30.4 Å². The Morgan fingerprint density at radius 2 is 2.26 bits per heavy atom. The van der Waals surface area contributed by atoms with Gasteiger partial charge in [-0.15, -0.1) is 0 Å². The zero-order chi connectivity index (χ0) is 13.8. The number of carboxylic acid groups (broad SMARTS) is 1. The number of nitrogens with zero attached hydrogens (tertiary/aromatic N) is 2. The van der Waals surface area contributed by atoms with Gasteiger partial charge in [-0.3, -0.25) is 9.59 Å². The lowest BCUT2D eigenvalue weighted by Crippen LogP contribution is -2.29. The summed E-state index contributed by atoms with van der Waals surface area (Å²) >= 11 is 5.76. The standard InChI is InChI=1S/C13H15ClN2O3/c14-11-3-1-2-10(15-11)13(19)16-7-6-9(8-16)4-5-12(17)18/h1-3,9H,4-8H2,(H,17,18). The number of pyridine rings is 1. The Morgan fingerprint density at radius 3 is 2.95 bits per heavy atom. The van der Waals surface area contributed by atoms with Crippen LogP contribution in [0.2, 0.25) is 5.15 Å². The molecule has 1 aromatic rings. The molecular weight excluding hydrogens is 268 g/mol. The molecule has 2 heterocycles. The number of aromatic nitrogens is 1. The average Bonchev–Trinajstić information content (AvgIpc) is 2.84. The highest BCUT2D eigenvalue weighted by atomic mass is 35.5. The molecule has 6 heteroatoms. The smallest absolute Gasteiger partial charge is 0.303 e. The van der Waals surface area contributed by atoms with Crippen molar-refractivity contribution in [1.29, 1.82) is 0 Å². The van der Waals surface area contributed by atoms with Crippen molar-refractivity contribution >= 4 is 23.5 Å². The second-order valence-corrected chi connectivity index (χ2v) is 5.07. The van der Waals surface area contributed by atoms with Gasteiger partial charge in [-0.25, -0.2) is 4.98 Å². The minimum atomic E-state index is -0.790. The summed E-state index contributed by atoms with van der Waals surface area (Å²) in [5, 5.41) is 8.95. The summed E-state index contributed by atoms with van der Waals surface area (Å²) in [7, 11) is 0. The molecule has 0 radical (unpaired) electrons. The van der Waals surface area contributed by atoms with Crippen molar-refractivity contribution in [1.82, 2.24) is 9.88 Å². The summed E-state index contributed by atoms with van der Waals surface area (Å²) in [4.78, 5) is 28.4. The number of carbonyl (C=O) groups is 2. The van der Waals surface area contributed by atoms with E-state index >= 15 is 0 Å². The third-order valence-corrected chi connectivity index (χ3v) is 3.48. The predicted molar refractivity (Wildman–Crippen MR) is 70.1 cm³/mol. The summed E-state index contributed by atoms with van der Waals surface area (Å²) < 4.78 is 0. The Bertz CT molecular complexity index is 493. The molecule has 0 saturated carbocycles. The monoisotopic (exact) mass is 282 g/mol. The molecule has 1 fully saturated rings. The molecule has 1 amide bonds. The Labute approximate surface area is 116 Å². The quantitative estimate of drug-likeness (QED) is 0.858. The second kappa shape index (κ2) is 6.02. The molecule has 1 aliphatic heterocycles. The van der Waals surface area contributed by atoms with Crippen LogP contribution in [-0.2, 0) is 4.79 Å². The summed E-state index contributed by atoms with van der Waals surface area (Å²) in [5.41, 5.74) is 0.339. The largest absolute Gasteiger partial charge is 0.481 e. The number of amides is 1. The Balaban J connectivity index is 1.93. The molecule has 1 atom stereocenters. The molecule has 0 bridgehead atoms. The number of hydrogen-bond acceptors (Lipinski definition) is 3. The SMILES string of the molecule is O=C(O)CCC1CCN(C(=O)c2cccc(Cl)n2)C1. The number of carboxylic acids is 1. The predicted octanol–water partition coefficient (Wildman–Crippen LogP) is 2.06. The van der Waals surface area contributed by atoms with E-state index in [-0.39, 0.29) is 18.2 Å². The van der Waals surface area contributed by atoms with Gasteiger partial charge in [0.1, 0.15) is 10.8 Å². The molecular formula is C13H15ClN2O3. The molecule has 0 aromatic carbocycles. The Hall–Kier alpha value is -1.62. The lowest BCUT2D eigenvalue weighted by atomic mass is 10.0. The van der Waals surface area contributed by atoms with Crippen LogP contribution in [0, 0.1) is 5.92 Å². The first-order valence-electron chi connectivity index (χ1n) is 6.20. The summed E-state index contributed by atoms with van der Waals surface area (Å²) in [6.45, 7) is 1.25. The van der Waals surface area contributed by atoms with Crippen LogP contribution in [0.15, 0.2) is 18.2 Å². The van der Waals surface area contributed by atoms with Crippen molar-refractivity contribution in [3.05, 3.63) is 29.0 Å². The van der Waals surface area contributed by atoms with Crippen LogP contribution in [0.25, 0.3) is 0 Å². The van der Waals surface area contributed by atoms with Gasteiger partial charge in [0.05, 0.1) is 0 Å². The maximum Gasteiger partial charge on any atom is 0.303 e. The van der Waals surface area contributed by atoms with Gasteiger partial charge in [0.15, 0.2) is 0 Å². The van der Waals surface area contributed by atoms with Crippen molar-refractivity contribution in [2.75, 3.05) is 13.1 Å². The fourth-order valence-electron chi connectivity index (χ4n) is 2.27. The van der Waals surface area contributed by atoms with Crippen LogP contribution in [-0.4, -0.2) is 40.0 Å². The van der Waals surface area contributed by atoms with Gasteiger partial charge < -0.3 is 10.0 Å². The van der Waals surface area contributed by atoms with Crippen molar-refractivity contribution in [3.8, 4) is 0 Å². The third kappa shape index (κ3) is 3.67. The molecule has 0 spiro atoms. The molecule has 0 aliphatic carbocycles. The van der Waals surface area contributed by atoms with Crippen LogP contribution in [0.5, 0.6) is 0 Å². The number of carbonyl (C=O) groups excluding carboxylic acids is 1. The fourth-order valence-corrected chi connectivity index (χ4v) is 2.43. The Morgan fingerprint density at radius 1 is 1.47 bits per heavy atom. The van der Waals surface area contributed by atoms with E-state index in [9.17, 15) is 9.59 Å². The van der Waals surface area contributed by atoms with Gasteiger partial charge in [-0.1, -0.05) is 17.7 Å². The normalized spacial score (nSPS) is 18.6. The van der Waals surface area contributed by atoms with Gasteiger partial charge in [-0.05, 0) is 30.9 Å². The zero-order valence-electron chi connectivity index (χ0n) is 10.4. The fraction of sp³-hybridized carbons (Fsp3) is 0.462. The van der Waals surface area contributed by atoms with Gasteiger partial charge in [0.2, 0.25) is 0 Å². The zero-order valence-corrected chi connectivity index (χ0v) is 11.1. The maximum absolute atomic E-state index is 12.2. The molecule has 1 saturated heterocycles. The summed E-state index contributed by atoms with van der Waals surface area (Å²) in [6, 6.07) is 4.96. The van der Waals surface area contributed by atoms with Gasteiger partial charge >= 0.3 is 5.97 Å². The second-order valence-electron chi connectivity index (χ2n) is 4.68. The molecule has 19 heavy (non-hydrogen) atoms. The number of rotatable bonds is 4. The highest BCUT2D eigenvalue weighted by molar-refractivity contribution is 6.29. The van der Waals surface area contributed by atoms with Crippen LogP contribution >= 0.6 is 11.6 Å². The summed E-state index contributed by atoms with van der Waals surface area (Å²) in [5.74, 6) is -0.666. The van der Waals surface area contributed by atoms with Crippen molar-refractivity contribution in [2.45, 2.75) is 19.3 Å². The minimum Gasteiger partial charge on any atom is -0.481 e. The van der Waals surface area contributed by atoms with Gasteiger partial charge in [-0.2, -0.15) is 0 Å². The van der Waals surface area contributed by atoms with E-state index in [1.807, 2.05) is 0 Å². The van der Waals surface area contributed by atoms with Gasteiger partial charge in [0.25, 0.3) is 5.91 Å². The molecule has 2 rings (SSSR count). The summed E-state index contributed by atoms with van der Waals surface area (Å²) in [6.07, 6.45) is 1.61.